The SMILES string of the molecule is [NH]c1cnc(Cl)c(Cl)c1. The van der Waals surface area contributed by atoms with Crippen LogP contribution in [0.1, 0.15) is 0 Å². The number of pyridine rings is 1. The molecule has 0 bridgehead atoms. The van der Waals surface area contributed by atoms with Crippen molar-refractivity contribution in [2.45, 2.75) is 0 Å². The van der Waals surface area contributed by atoms with Gasteiger partial charge in [-0.1, -0.05) is 23.2 Å². The Labute approximate surface area is 62.6 Å². The smallest absolute Gasteiger partial charge is 0.147 e. The van der Waals surface area contributed by atoms with Gasteiger partial charge in [-0.05, 0) is 6.07 Å². The molecule has 0 aliphatic heterocycles. The largest absolute Gasteiger partial charge is 0.299 e. The van der Waals surface area contributed by atoms with Crippen LogP contribution in [0.3, 0.4) is 0 Å². The van der Waals surface area contributed by atoms with Crippen molar-refractivity contribution in [2.24, 2.45) is 0 Å². The van der Waals surface area contributed by atoms with Crippen LogP contribution in [0.5, 0.6) is 0 Å². The summed E-state index contributed by atoms with van der Waals surface area (Å²) in [6.07, 6.45) is 1.34. The molecule has 1 aromatic rings. The lowest BCUT2D eigenvalue weighted by atomic mass is 10.4. The van der Waals surface area contributed by atoms with Crippen molar-refractivity contribution in [3.63, 3.8) is 0 Å². The van der Waals surface area contributed by atoms with Gasteiger partial charge in [0.15, 0.2) is 0 Å². The van der Waals surface area contributed by atoms with Crippen LogP contribution in [-0.2, 0) is 0 Å². The summed E-state index contributed by atoms with van der Waals surface area (Å²) in [4.78, 5) is 3.62. The molecule has 1 aromatic heterocycles. The number of nitrogens with one attached hydrogen (secondary N) is 1. The monoisotopic (exact) mass is 161 g/mol. The highest BCUT2D eigenvalue weighted by molar-refractivity contribution is 6.41. The Morgan fingerprint density at radius 1 is 1.44 bits per heavy atom. The highest BCUT2D eigenvalue weighted by atomic mass is 35.5. The molecule has 9 heavy (non-hydrogen) atoms. The molecular formula is C5H3Cl2N2. The molecule has 0 atom stereocenters. The van der Waals surface area contributed by atoms with E-state index in [4.69, 9.17) is 28.9 Å². The molecule has 4 heteroatoms. The second kappa shape index (κ2) is 2.42. The van der Waals surface area contributed by atoms with E-state index in [0.29, 0.717) is 5.02 Å². The van der Waals surface area contributed by atoms with Crippen molar-refractivity contribution < 1.29 is 0 Å². The summed E-state index contributed by atoms with van der Waals surface area (Å²) in [5.41, 5.74) is 7.29. The van der Waals surface area contributed by atoms with E-state index in [1.807, 2.05) is 0 Å². The fourth-order valence-corrected chi connectivity index (χ4v) is 0.691. The van der Waals surface area contributed by atoms with E-state index in [2.05, 4.69) is 4.98 Å². The first-order chi connectivity index (χ1) is 4.20. The molecule has 0 spiro atoms. The van der Waals surface area contributed by atoms with Gasteiger partial charge in [-0.2, -0.15) is 0 Å². The minimum Gasteiger partial charge on any atom is -0.299 e. The number of hydrogen-bond donors (Lipinski definition) is 0. The fourth-order valence-electron chi connectivity index (χ4n) is 0.421. The Morgan fingerprint density at radius 3 is 2.56 bits per heavy atom. The molecule has 1 N–H and O–H groups in total. The lowest BCUT2D eigenvalue weighted by molar-refractivity contribution is 1.29. The van der Waals surface area contributed by atoms with Crippen LogP contribution in [0, 0.1) is 0 Å². The zero-order chi connectivity index (χ0) is 6.85. The molecule has 1 radical (unpaired) electrons. The van der Waals surface area contributed by atoms with Crippen molar-refractivity contribution in [2.75, 3.05) is 0 Å². The van der Waals surface area contributed by atoms with Crippen LogP contribution in [0.4, 0.5) is 5.69 Å². The van der Waals surface area contributed by atoms with Gasteiger partial charge in [0.1, 0.15) is 5.15 Å². The van der Waals surface area contributed by atoms with Gasteiger partial charge < -0.3 is 0 Å². The van der Waals surface area contributed by atoms with Crippen molar-refractivity contribution in [3.8, 4) is 0 Å². The van der Waals surface area contributed by atoms with Gasteiger partial charge in [0.05, 0.1) is 16.9 Å². The van der Waals surface area contributed by atoms with Crippen LogP contribution in [0.2, 0.25) is 10.2 Å². The third kappa shape index (κ3) is 1.47. The van der Waals surface area contributed by atoms with Crippen molar-refractivity contribution in [3.05, 3.63) is 22.4 Å². The zero-order valence-corrected chi connectivity index (χ0v) is 5.87. The third-order valence-corrected chi connectivity index (χ3v) is 1.48. The molecule has 0 saturated heterocycles. The molecule has 2 nitrogen and oxygen atoms in total. The molecule has 0 fully saturated rings. The summed E-state index contributed by atoms with van der Waals surface area (Å²) >= 11 is 11.0. The Balaban J connectivity index is 3.17. The molecule has 0 aliphatic rings. The standard InChI is InChI=1S/C5H3Cl2N2/c6-4-1-3(8)2-9-5(4)7/h1-2,8H. The summed E-state index contributed by atoms with van der Waals surface area (Å²) in [5.74, 6) is 0. The summed E-state index contributed by atoms with van der Waals surface area (Å²) in [6, 6.07) is 1.44. The summed E-state index contributed by atoms with van der Waals surface area (Å²) in [6.45, 7) is 0. The maximum Gasteiger partial charge on any atom is 0.147 e. The second-order valence-electron chi connectivity index (χ2n) is 1.50. The van der Waals surface area contributed by atoms with Crippen LogP contribution < -0.4 is 5.73 Å². The Bertz CT molecular complexity index is 224. The van der Waals surface area contributed by atoms with E-state index in [1.165, 1.54) is 12.3 Å². The van der Waals surface area contributed by atoms with E-state index in [9.17, 15) is 0 Å². The van der Waals surface area contributed by atoms with Crippen molar-refractivity contribution in [1.82, 2.24) is 10.7 Å². The van der Waals surface area contributed by atoms with Gasteiger partial charge in [-0.3, -0.25) is 5.73 Å². The average Bonchev–Trinajstić information content (AvgIpc) is 1.80. The van der Waals surface area contributed by atoms with Gasteiger partial charge in [0.25, 0.3) is 0 Å². The van der Waals surface area contributed by atoms with Gasteiger partial charge in [-0.25, -0.2) is 4.98 Å². The molecular weight excluding hydrogens is 159 g/mol. The number of nitrogens with zero attached hydrogens (tertiary/aromatic N) is 1. The van der Waals surface area contributed by atoms with Crippen LogP contribution in [0.15, 0.2) is 12.3 Å². The summed E-state index contributed by atoms with van der Waals surface area (Å²) < 4.78 is 0. The van der Waals surface area contributed by atoms with Crippen LogP contribution in [-0.4, -0.2) is 4.98 Å². The first kappa shape index (κ1) is 6.65. The van der Waals surface area contributed by atoms with Crippen molar-refractivity contribution >= 4 is 28.9 Å². The van der Waals surface area contributed by atoms with Gasteiger partial charge >= 0.3 is 0 Å². The molecule has 1 heterocycles. The van der Waals surface area contributed by atoms with E-state index >= 15 is 0 Å². The molecule has 47 valence electrons. The lowest BCUT2D eigenvalue weighted by Gasteiger charge is -1.92. The van der Waals surface area contributed by atoms with E-state index in [1.54, 1.807) is 0 Å². The summed E-state index contributed by atoms with van der Waals surface area (Å²) in [7, 11) is 0. The first-order valence-corrected chi connectivity index (χ1v) is 2.98. The Kier molecular flexibility index (Phi) is 1.78. The molecule has 0 aliphatic carbocycles. The molecule has 0 unspecified atom stereocenters. The number of rotatable bonds is 0. The maximum atomic E-state index is 7.03. The predicted octanol–water partition coefficient (Wildman–Crippen LogP) is 2.30. The normalized spacial score (nSPS) is 9.56. The maximum absolute atomic E-state index is 7.03. The second-order valence-corrected chi connectivity index (χ2v) is 2.26. The third-order valence-electron chi connectivity index (χ3n) is 0.796. The topological polar surface area (TPSA) is 36.7 Å². The predicted molar refractivity (Wildman–Crippen MR) is 37.0 cm³/mol. The number of hydrogen-bond acceptors (Lipinski definition) is 1. The minimum atomic E-state index is 0.243. The molecule has 0 saturated carbocycles. The quantitative estimate of drug-likeness (QED) is 0.539. The Hall–Kier alpha value is -0.470. The van der Waals surface area contributed by atoms with E-state index in [-0.39, 0.29) is 10.8 Å². The summed E-state index contributed by atoms with van der Waals surface area (Å²) in [5, 5.41) is 0.567. The highest BCUT2D eigenvalue weighted by Crippen LogP contribution is 2.20. The van der Waals surface area contributed by atoms with Crippen LogP contribution >= 0.6 is 23.2 Å². The number of halogens is 2. The van der Waals surface area contributed by atoms with Gasteiger partial charge in [0.2, 0.25) is 0 Å². The fraction of sp³-hybridized carbons (Fsp3) is 0. The highest BCUT2D eigenvalue weighted by Gasteiger charge is 1.96. The van der Waals surface area contributed by atoms with Crippen molar-refractivity contribution in [1.29, 1.82) is 0 Å². The van der Waals surface area contributed by atoms with Gasteiger partial charge in [0, 0.05) is 0 Å². The average molecular weight is 162 g/mol. The van der Waals surface area contributed by atoms with Crippen LogP contribution in [0.25, 0.3) is 0 Å². The molecule has 0 amide bonds. The lowest BCUT2D eigenvalue weighted by Crippen LogP contribution is -1.76. The Morgan fingerprint density at radius 2 is 2.11 bits per heavy atom. The van der Waals surface area contributed by atoms with Gasteiger partial charge in [-0.15, -0.1) is 0 Å². The number of aromatic nitrogens is 1. The molecule has 0 aromatic carbocycles. The minimum absolute atomic E-state index is 0.243. The zero-order valence-electron chi connectivity index (χ0n) is 4.36. The first-order valence-electron chi connectivity index (χ1n) is 2.23. The molecule has 1 rings (SSSR count). The van der Waals surface area contributed by atoms with E-state index in [0.717, 1.165) is 0 Å². The van der Waals surface area contributed by atoms with E-state index < -0.39 is 0 Å².